The van der Waals surface area contributed by atoms with Gasteiger partial charge < -0.3 is 15.0 Å². The Kier molecular flexibility index (Phi) is 6.32. The van der Waals surface area contributed by atoms with Crippen LogP contribution in [0.2, 0.25) is 0 Å². The molecule has 0 unspecified atom stereocenters. The van der Waals surface area contributed by atoms with E-state index in [1.807, 2.05) is 67.6 Å². The van der Waals surface area contributed by atoms with Gasteiger partial charge in [-0.2, -0.15) is 0 Å². The molecule has 4 rings (SSSR count). The normalized spacial score (nSPS) is 14.3. The third-order valence-corrected chi connectivity index (χ3v) is 6.39. The first-order valence-electron chi connectivity index (χ1n) is 10.2. The number of nitrogens with one attached hydrogen (secondary N) is 1. The van der Waals surface area contributed by atoms with Crippen molar-refractivity contribution in [3.8, 4) is 5.75 Å². The summed E-state index contributed by atoms with van der Waals surface area (Å²) in [6, 6.07) is 21.1. The van der Waals surface area contributed by atoms with Crippen molar-refractivity contribution in [3.63, 3.8) is 0 Å². The molecule has 1 N–H and O–H groups in total. The maximum Gasteiger partial charge on any atom is 0.264 e. The second-order valence-corrected chi connectivity index (χ2v) is 8.65. The number of carbonyl (C=O) groups is 2. The van der Waals surface area contributed by atoms with E-state index in [4.69, 9.17) is 4.74 Å². The fraction of sp³-hybridized carbons (Fsp3) is 0.154. The number of methoxy groups -OCH3 is 1. The minimum absolute atomic E-state index is 0.120. The highest BCUT2D eigenvalue weighted by molar-refractivity contribution is 8.04. The van der Waals surface area contributed by atoms with E-state index in [0.29, 0.717) is 22.8 Å². The number of benzene rings is 3. The van der Waals surface area contributed by atoms with Crippen molar-refractivity contribution < 1.29 is 14.3 Å². The Balaban J connectivity index is 1.54. The lowest BCUT2D eigenvalue weighted by Crippen LogP contribution is -2.31. The molecule has 1 aliphatic heterocycles. The third kappa shape index (κ3) is 4.55. The van der Waals surface area contributed by atoms with Crippen molar-refractivity contribution in [2.24, 2.45) is 0 Å². The van der Waals surface area contributed by atoms with Gasteiger partial charge in [-0.15, -0.1) is 0 Å². The van der Waals surface area contributed by atoms with Gasteiger partial charge in [0.1, 0.15) is 5.75 Å². The maximum atomic E-state index is 13.0. The summed E-state index contributed by atoms with van der Waals surface area (Å²) in [5.41, 5.74) is 4.30. The van der Waals surface area contributed by atoms with Gasteiger partial charge in [0, 0.05) is 29.6 Å². The molecule has 0 radical (unpaired) electrons. The lowest BCUT2D eigenvalue weighted by Gasteiger charge is -2.27. The van der Waals surface area contributed by atoms with Gasteiger partial charge in [-0.3, -0.25) is 9.59 Å². The maximum absolute atomic E-state index is 13.0. The number of ether oxygens (including phenoxy) is 1. The molecule has 1 aliphatic rings. The number of likely N-dealkylation sites (N-methyl/N-ethyl adjacent to an activating group) is 1. The number of carbonyl (C=O) groups excluding carboxylic acids is 2. The highest BCUT2D eigenvalue weighted by Gasteiger charge is 2.27. The highest BCUT2D eigenvalue weighted by atomic mass is 32.2. The highest BCUT2D eigenvalue weighted by Crippen LogP contribution is 2.42. The molecule has 0 aromatic heterocycles. The molecule has 32 heavy (non-hydrogen) atoms. The lowest BCUT2D eigenvalue weighted by atomic mass is 10.1. The zero-order valence-corrected chi connectivity index (χ0v) is 19.0. The number of fused-ring (bicyclic) bond motifs is 1. The van der Waals surface area contributed by atoms with E-state index in [-0.39, 0.29) is 11.8 Å². The SMILES string of the molecule is COc1ccccc1C=C1Sc2ccc(C(=O)NCc3ccc(C)cc3)cc2N(C)C1=O. The van der Waals surface area contributed by atoms with Crippen molar-refractivity contribution in [2.75, 3.05) is 19.1 Å². The Bertz CT molecular complexity index is 1200. The quantitative estimate of drug-likeness (QED) is 0.560. The summed E-state index contributed by atoms with van der Waals surface area (Å²) in [5, 5.41) is 2.95. The fourth-order valence-corrected chi connectivity index (χ4v) is 4.54. The first-order valence-corrected chi connectivity index (χ1v) is 11.1. The molecule has 162 valence electrons. The van der Waals surface area contributed by atoms with Crippen molar-refractivity contribution in [1.29, 1.82) is 0 Å². The smallest absolute Gasteiger partial charge is 0.264 e. The second kappa shape index (κ2) is 9.32. The van der Waals surface area contributed by atoms with Crippen LogP contribution in [-0.2, 0) is 11.3 Å². The van der Waals surface area contributed by atoms with Crippen LogP contribution in [0.1, 0.15) is 27.0 Å². The molecule has 0 aliphatic carbocycles. The third-order valence-electron chi connectivity index (χ3n) is 5.32. The van der Waals surface area contributed by atoms with Crippen molar-refractivity contribution in [2.45, 2.75) is 18.4 Å². The summed E-state index contributed by atoms with van der Waals surface area (Å²) < 4.78 is 5.40. The summed E-state index contributed by atoms with van der Waals surface area (Å²) in [4.78, 5) is 28.8. The van der Waals surface area contributed by atoms with E-state index in [0.717, 1.165) is 21.7 Å². The number of hydrogen-bond donors (Lipinski definition) is 1. The molecule has 0 saturated carbocycles. The van der Waals surface area contributed by atoms with Crippen LogP contribution in [0.5, 0.6) is 5.75 Å². The average molecular weight is 445 g/mol. The molecule has 0 atom stereocenters. The van der Waals surface area contributed by atoms with Crippen LogP contribution >= 0.6 is 11.8 Å². The molecular formula is C26H24N2O3S. The Morgan fingerprint density at radius 2 is 1.84 bits per heavy atom. The lowest BCUT2D eigenvalue weighted by molar-refractivity contribution is -0.114. The van der Waals surface area contributed by atoms with Gasteiger partial charge in [-0.1, -0.05) is 59.8 Å². The van der Waals surface area contributed by atoms with E-state index in [2.05, 4.69) is 5.32 Å². The number of amides is 2. The number of aryl methyl sites for hydroxylation is 1. The largest absolute Gasteiger partial charge is 0.496 e. The van der Waals surface area contributed by atoms with Crippen LogP contribution < -0.4 is 15.0 Å². The Morgan fingerprint density at radius 1 is 1.09 bits per heavy atom. The van der Waals surface area contributed by atoms with Crippen LogP contribution in [-0.4, -0.2) is 26.0 Å². The molecule has 3 aromatic carbocycles. The van der Waals surface area contributed by atoms with E-state index in [1.165, 1.54) is 17.3 Å². The summed E-state index contributed by atoms with van der Waals surface area (Å²) >= 11 is 1.40. The van der Waals surface area contributed by atoms with Gasteiger partial charge >= 0.3 is 0 Å². The summed E-state index contributed by atoms with van der Waals surface area (Å²) in [6.07, 6.45) is 1.84. The van der Waals surface area contributed by atoms with E-state index in [1.54, 1.807) is 31.2 Å². The van der Waals surface area contributed by atoms with Crippen LogP contribution in [0, 0.1) is 6.92 Å². The van der Waals surface area contributed by atoms with Crippen molar-refractivity contribution in [1.82, 2.24) is 5.32 Å². The Labute approximate surface area is 192 Å². The predicted molar refractivity (Wildman–Crippen MR) is 129 cm³/mol. The second-order valence-electron chi connectivity index (χ2n) is 7.57. The standard InChI is InChI=1S/C26H24N2O3S/c1-17-8-10-18(11-9-17)16-27-25(29)20-12-13-23-21(14-20)28(2)26(30)24(32-23)15-19-6-4-5-7-22(19)31-3/h4-15H,16H2,1-3H3,(H,27,29). The molecule has 1 heterocycles. The summed E-state index contributed by atoms with van der Waals surface area (Å²) in [7, 11) is 3.34. The van der Waals surface area contributed by atoms with Crippen molar-refractivity contribution in [3.05, 3.63) is 93.9 Å². The summed E-state index contributed by atoms with van der Waals surface area (Å²) in [5.74, 6) is 0.419. The van der Waals surface area contributed by atoms with Crippen molar-refractivity contribution >= 4 is 35.3 Å². The van der Waals surface area contributed by atoms with Crippen LogP contribution in [0.4, 0.5) is 5.69 Å². The zero-order valence-electron chi connectivity index (χ0n) is 18.2. The zero-order chi connectivity index (χ0) is 22.7. The number of anilines is 1. The summed E-state index contributed by atoms with van der Waals surface area (Å²) in [6.45, 7) is 2.48. The van der Waals surface area contributed by atoms with Gasteiger partial charge in [0.25, 0.3) is 11.8 Å². The molecule has 0 fully saturated rings. The number of para-hydroxylation sites is 1. The van der Waals surface area contributed by atoms with Gasteiger partial charge in [-0.25, -0.2) is 0 Å². The molecule has 2 amide bonds. The van der Waals surface area contributed by atoms with Crippen LogP contribution in [0.3, 0.4) is 0 Å². The molecule has 6 heteroatoms. The Morgan fingerprint density at radius 3 is 2.59 bits per heavy atom. The first kappa shape index (κ1) is 21.7. The van der Waals surface area contributed by atoms with Crippen LogP contribution in [0.15, 0.2) is 76.5 Å². The molecule has 0 bridgehead atoms. The monoisotopic (exact) mass is 444 g/mol. The number of hydrogen-bond acceptors (Lipinski definition) is 4. The predicted octanol–water partition coefficient (Wildman–Crippen LogP) is 5.04. The molecule has 0 saturated heterocycles. The molecule has 3 aromatic rings. The van der Waals surface area contributed by atoms with E-state index >= 15 is 0 Å². The van der Waals surface area contributed by atoms with Gasteiger partial charge in [-0.05, 0) is 42.8 Å². The fourth-order valence-electron chi connectivity index (χ4n) is 3.45. The number of rotatable bonds is 5. The molecule has 5 nitrogen and oxygen atoms in total. The first-order chi connectivity index (χ1) is 15.5. The minimum atomic E-state index is -0.172. The topological polar surface area (TPSA) is 58.6 Å². The average Bonchev–Trinajstić information content (AvgIpc) is 2.82. The van der Waals surface area contributed by atoms with E-state index < -0.39 is 0 Å². The van der Waals surface area contributed by atoms with E-state index in [9.17, 15) is 9.59 Å². The van der Waals surface area contributed by atoms with Gasteiger partial charge in [0.15, 0.2) is 0 Å². The number of thioether (sulfide) groups is 1. The van der Waals surface area contributed by atoms with Gasteiger partial charge in [0.05, 0.1) is 17.7 Å². The minimum Gasteiger partial charge on any atom is -0.496 e. The Hall–Kier alpha value is -3.51. The molecular weight excluding hydrogens is 420 g/mol. The number of nitrogens with zero attached hydrogens (tertiary/aromatic N) is 1. The molecule has 0 spiro atoms. The van der Waals surface area contributed by atoms with Crippen LogP contribution in [0.25, 0.3) is 6.08 Å². The van der Waals surface area contributed by atoms with Gasteiger partial charge in [0.2, 0.25) is 0 Å².